The average Bonchev–Trinajstić information content (AvgIpc) is 2.48. The van der Waals surface area contributed by atoms with Crippen LogP contribution in [0.3, 0.4) is 0 Å². The lowest BCUT2D eigenvalue weighted by Crippen LogP contribution is -2.44. The van der Waals surface area contributed by atoms with Gasteiger partial charge in [0.05, 0.1) is 7.11 Å². The third-order valence-electron chi connectivity index (χ3n) is 3.96. The zero-order chi connectivity index (χ0) is 14.5. The third-order valence-corrected chi connectivity index (χ3v) is 3.96. The van der Waals surface area contributed by atoms with E-state index in [0.717, 1.165) is 43.2 Å². The quantitative estimate of drug-likeness (QED) is 0.850. The van der Waals surface area contributed by atoms with Gasteiger partial charge in [-0.1, -0.05) is 19.1 Å². The van der Waals surface area contributed by atoms with Gasteiger partial charge in [-0.3, -0.25) is 0 Å². The molecule has 0 bridgehead atoms. The molecule has 0 aromatic heterocycles. The molecule has 0 radical (unpaired) electrons. The Bertz CT molecular complexity index is 436. The Hall–Kier alpha value is -1.71. The van der Waals surface area contributed by atoms with Crippen molar-refractivity contribution in [1.29, 1.82) is 0 Å². The molecule has 0 aliphatic carbocycles. The van der Waals surface area contributed by atoms with Gasteiger partial charge >= 0.3 is 6.03 Å². The summed E-state index contributed by atoms with van der Waals surface area (Å²) in [5.74, 6) is 1.58. The fourth-order valence-electron chi connectivity index (χ4n) is 2.51. The standard InChI is InChI=1S/C16H24N2O2/c1-13-8-10-18(11-9-13)16(19)17(2)12-14-4-6-15(20-3)7-5-14/h4-7,13H,8-12H2,1-3H3. The van der Waals surface area contributed by atoms with Gasteiger partial charge in [0.1, 0.15) is 5.75 Å². The van der Waals surface area contributed by atoms with Crippen molar-refractivity contribution in [2.24, 2.45) is 5.92 Å². The van der Waals surface area contributed by atoms with Crippen LogP contribution in [0, 0.1) is 5.92 Å². The van der Waals surface area contributed by atoms with Gasteiger partial charge in [0.2, 0.25) is 0 Å². The fraction of sp³-hybridized carbons (Fsp3) is 0.562. The first-order chi connectivity index (χ1) is 9.60. The molecule has 0 spiro atoms. The Balaban J connectivity index is 1.89. The Kier molecular flexibility index (Phi) is 4.88. The molecule has 1 heterocycles. The summed E-state index contributed by atoms with van der Waals surface area (Å²) < 4.78 is 5.14. The molecule has 0 saturated carbocycles. The van der Waals surface area contributed by atoms with Gasteiger partial charge in [-0.05, 0) is 36.5 Å². The van der Waals surface area contributed by atoms with Crippen LogP contribution in [0.15, 0.2) is 24.3 Å². The normalized spacial score (nSPS) is 16.1. The molecule has 4 heteroatoms. The second-order valence-electron chi connectivity index (χ2n) is 5.66. The summed E-state index contributed by atoms with van der Waals surface area (Å²) in [6, 6.07) is 7.99. The average molecular weight is 276 g/mol. The minimum atomic E-state index is 0.132. The van der Waals surface area contributed by atoms with E-state index in [0.29, 0.717) is 6.54 Å². The number of carbonyl (C=O) groups is 1. The summed E-state index contributed by atoms with van der Waals surface area (Å²) in [6.07, 6.45) is 2.23. The summed E-state index contributed by atoms with van der Waals surface area (Å²) >= 11 is 0. The lowest BCUT2D eigenvalue weighted by Gasteiger charge is -2.33. The van der Waals surface area contributed by atoms with E-state index in [1.54, 1.807) is 12.0 Å². The monoisotopic (exact) mass is 276 g/mol. The lowest BCUT2D eigenvalue weighted by atomic mass is 9.99. The number of rotatable bonds is 3. The van der Waals surface area contributed by atoms with Crippen LogP contribution in [0.4, 0.5) is 4.79 Å². The molecular weight excluding hydrogens is 252 g/mol. The first-order valence-electron chi connectivity index (χ1n) is 7.23. The maximum absolute atomic E-state index is 12.4. The van der Waals surface area contributed by atoms with Crippen LogP contribution in [0.2, 0.25) is 0 Å². The molecule has 4 nitrogen and oxygen atoms in total. The van der Waals surface area contributed by atoms with Gasteiger partial charge in [-0.25, -0.2) is 4.79 Å². The first-order valence-corrected chi connectivity index (χ1v) is 7.23. The number of likely N-dealkylation sites (tertiary alicyclic amines) is 1. The van der Waals surface area contributed by atoms with Crippen LogP contribution in [-0.2, 0) is 6.54 Å². The number of carbonyl (C=O) groups excluding carboxylic acids is 1. The Morgan fingerprint density at radius 3 is 2.45 bits per heavy atom. The van der Waals surface area contributed by atoms with Crippen molar-refractivity contribution < 1.29 is 9.53 Å². The summed E-state index contributed by atoms with van der Waals surface area (Å²) in [4.78, 5) is 16.1. The van der Waals surface area contributed by atoms with Crippen molar-refractivity contribution in [3.05, 3.63) is 29.8 Å². The Morgan fingerprint density at radius 2 is 1.90 bits per heavy atom. The minimum Gasteiger partial charge on any atom is -0.497 e. The van der Waals surface area contributed by atoms with E-state index in [4.69, 9.17) is 4.74 Å². The summed E-state index contributed by atoms with van der Waals surface area (Å²) in [6.45, 7) is 4.65. The minimum absolute atomic E-state index is 0.132. The topological polar surface area (TPSA) is 32.8 Å². The molecule has 2 amide bonds. The van der Waals surface area contributed by atoms with Crippen molar-refractivity contribution in [1.82, 2.24) is 9.80 Å². The molecule has 1 saturated heterocycles. The molecule has 0 N–H and O–H groups in total. The van der Waals surface area contributed by atoms with Crippen molar-refractivity contribution >= 4 is 6.03 Å². The van der Waals surface area contributed by atoms with Crippen molar-refractivity contribution in [2.75, 3.05) is 27.2 Å². The van der Waals surface area contributed by atoms with Crippen molar-refractivity contribution in [3.63, 3.8) is 0 Å². The van der Waals surface area contributed by atoms with Gasteiger partial charge < -0.3 is 14.5 Å². The second kappa shape index (κ2) is 6.64. The van der Waals surface area contributed by atoms with Crippen LogP contribution < -0.4 is 4.74 Å². The highest BCUT2D eigenvalue weighted by molar-refractivity contribution is 5.74. The predicted molar refractivity (Wildman–Crippen MR) is 79.8 cm³/mol. The summed E-state index contributed by atoms with van der Waals surface area (Å²) in [5.41, 5.74) is 1.12. The number of benzene rings is 1. The number of amides is 2. The van der Waals surface area contributed by atoms with Gasteiger partial charge in [-0.15, -0.1) is 0 Å². The van der Waals surface area contributed by atoms with E-state index in [1.807, 2.05) is 36.2 Å². The molecule has 110 valence electrons. The van der Waals surface area contributed by atoms with E-state index in [1.165, 1.54) is 0 Å². The maximum Gasteiger partial charge on any atom is 0.320 e. The predicted octanol–water partition coefficient (Wildman–Crippen LogP) is 2.98. The van der Waals surface area contributed by atoms with Gasteiger partial charge in [0.25, 0.3) is 0 Å². The Morgan fingerprint density at radius 1 is 1.30 bits per heavy atom. The van der Waals surface area contributed by atoms with Crippen LogP contribution in [0.1, 0.15) is 25.3 Å². The smallest absolute Gasteiger partial charge is 0.320 e. The summed E-state index contributed by atoms with van der Waals surface area (Å²) in [7, 11) is 3.52. The summed E-state index contributed by atoms with van der Waals surface area (Å²) in [5, 5.41) is 0. The van der Waals surface area contributed by atoms with Crippen LogP contribution in [-0.4, -0.2) is 43.1 Å². The SMILES string of the molecule is COc1ccc(CN(C)C(=O)N2CCC(C)CC2)cc1. The second-order valence-corrected chi connectivity index (χ2v) is 5.66. The van der Waals surface area contributed by atoms with E-state index in [9.17, 15) is 4.79 Å². The zero-order valence-corrected chi connectivity index (χ0v) is 12.6. The number of piperidine rings is 1. The van der Waals surface area contributed by atoms with Gasteiger partial charge in [0, 0.05) is 26.7 Å². The van der Waals surface area contributed by atoms with Crippen LogP contribution in [0.5, 0.6) is 5.75 Å². The highest BCUT2D eigenvalue weighted by Crippen LogP contribution is 2.18. The molecule has 1 aromatic rings. The first kappa shape index (κ1) is 14.7. The lowest BCUT2D eigenvalue weighted by molar-refractivity contribution is 0.141. The highest BCUT2D eigenvalue weighted by atomic mass is 16.5. The van der Waals surface area contributed by atoms with Crippen molar-refractivity contribution in [2.45, 2.75) is 26.3 Å². The largest absolute Gasteiger partial charge is 0.497 e. The van der Waals surface area contributed by atoms with E-state index in [-0.39, 0.29) is 6.03 Å². The van der Waals surface area contributed by atoms with E-state index >= 15 is 0 Å². The molecular formula is C16H24N2O2. The molecule has 1 aliphatic heterocycles. The number of ether oxygens (including phenoxy) is 1. The molecule has 1 aliphatic rings. The van der Waals surface area contributed by atoms with E-state index < -0.39 is 0 Å². The molecule has 1 aromatic carbocycles. The van der Waals surface area contributed by atoms with Gasteiger partial charge in [-0.2, -0.15) is 0 Å². The highest BCUT2D eigenvalue weighted by Gasteiger charge is 2.22. The van der Waals surface area contributed by atoms with Crippen LogP contribution in [0.25, 0.3) is 0 Å². The molecule has 1 fully saturated rings. The third kappa shape index (κ3) is 3.65. The number of hydrogen-bond acceptors (Lipinski definition) is 2. The van der Waals surface area contributed by atoms with Crippen molar-refractivity contribution in [3.8, 4) is 5.75 Å². The van der Waals surface area contributed by atoms with Gasteiger partial charge in [0.15, 0.2) is 0 Å². The number of hydrogen-bond donors (Lipinski definition) is 0. The maximum atomic E-state index is 12.4. The number of methoxy groups -OCH3 is 1. The number of urea groups is 1. The number of nitrogens with zero attached hydrogens (tertiary/aromatic N) is 2. The fourth-order valence-corrected chi connectivity index (χ4v) is 2.51. The molecule has 0 unspecified atom stereocenters. The molecule has 20 heavy (non-hydrogen) atoms. The molecule has 2 rings (SSSR count). The zero-order valence-electron chi connectivity index (χ0n) is 12.6. The van der Waals surface area contributed by atoms with Crippen LogP contribution >= 0.6 is 0 Å². The Labute approximate surface area is 121 Å². The molecule has 0 atom stereocenters. The van der Waals surface area contributed by atoms with E-state index in [2.05, 4.69) is 6.92 Å².